The first-order valence-corrected chi connectivity index (χ1v) is 7.15. The van der Waals surface area contributed by atoms with E-state index in [1.165, 1.54) is 0 Å². The van der Waals surface area contributed by atoms with Gasteiger partial charge < -0.3 is 10.6 Å². The number of carbonyl (C=O) groups is 1. The maximum atomic E-state index is 12.3. The van der Waals surface area contributed by atoms with Crippen LogP contribution in [0.15, 0.2) is 0 Å². The van der Waals surface area contributed by atoms with Gasteiger partial charge in [-0.3, -0.25) is 4.79 Å². The monoisotopic (exact) mass is 260 g/mol. The number of hydrogen-bond acceptors (Lipinski definition) is 3. The zero-order chi connectivity index (χ0) is 12.3. The highest BCUT2D eigenvalue weighted by atomic mass is 32.2. The van der Waals surface area contributed by atoms with Crippen LogP contribution in [0.2, 0.25) is 0 Å². The third kappa shape index (κ3) is 3.10. The Kier molecular flexibility index (Phi) is 5.05. The van der Waals surface area contributed by atoms with Crippen molar-refractivity contribution in [3.63, 3.8) is 0 Å². The summed E-state index contributed by atoms with van der Waals surface area (Å²) >= 11 is 6.89. The van der Waals surface area contributed by atoms with Crippen LogP contribution in [0.5, 0.6) is 0 Å². The van der Waals surface area contributed by atoms with E-state index in [4.69, 9.17) is 18.0 Å². The van der Waals surface area contributed by atoms with E-state index in [9.17, 15) is 4.79 Å². The maximum absolute atomic E-state index is 12.3. The predicted molar refractivity (Wildman–Crippen MR) is 73.6 cm³/mol. The summed E-state index contributed by atoms with van der Waals surface area (Å²) in [6, 6.07) is 0.355. The van der Waals surface area contributed by atoms with Crippen LogP contribution in [0.1, 0.15) is 20.3 Å². The molecule has 0 saturated carbocycles. The molecule has 1 saturated heterocycles. The van der Waals surface area contributed by atoms with Crippen LogP contribution in [-0.2, 0) is 4.79 Å². The number of thiocarbonyl (C=S) groups is 1. The first-order valence-electron chi connectivity index (χ1n) is 5.59. The Hall–Kier alpha value is -0.290. The Labute approximate surface area is 107 Å². The van der Waals surface area contributed by atoms with Gasteiger partial charge in [0.25, 0.3) is 0 Å². The van der Waals surface area contributed by atoms with Crippen LogP contribution in [0, 0.1) is 11.8 Å². The van der Waals surface area contributed by atoms with Crippen molar-refractivity contribution in [3.05, 3.63) is 0 Å². The molecule has 0 bridgehead atoms. The Morgan fingerprint density at radius 2 is 2.19 bits per heavy atom. The third-order valence-corrected chi connectivity index (χ3v) is 4.44. The standard InChI is InChI=1S/C11H20N2OS2/c1-7(2)9(10(12)15)11(14)13(3)8-4-5-16-6-8/h7-9H,4-6H2,1-3H3,(H2,12,15). The van der Waals surface area contributed by atoms with Gasteiger partial charge in [0.15, 0.2) is 0 Å². The van der Waals surface area contributed by atoms with Gasteiger partial charge in [0.1, 0.15) is 0 Å². The number of nitrogens with two attached hydrogens (primary N) is 1. The SMILES string of the molecule is CC(C)C(C(=O)N(C)C1CCSC1)C(N)=S. The normalized spacial score (nSPS) is 22.1. The van der Waals surface area contributed by atoms with E-state index in [2.05, 4.69) is 0 Å². The zero-order valence-electron chi connectivity index (χ0n) is 10.1. The number of nitrogens with zero attached hydrogens (tertiary/aromatic N) is 1. The second-order valence-corrected chi connectivity index (χ2v) is 6.21. The number of hydrogen-bond donors (Lipinski definition) is 1. The fourth-order valence-corrected chi connectivity index (χ4v) is 3.60. The molecule has 1 amide bonds. The molecule has 2 N–H and O–H groups in total. The van der Waals surface area contributed by atoms with Gasteiger partial charge in [0, 0.05) is 18.8 Å². The molecule has 5 heteroatoms. The van der Waals surface area contributed by atoms with Crippen molar-refractivity contribution in [1.82, 2.24) is 4.90 Å². The van der Waals surface area contributed by atoms with E-state index in [1.807, 2.05) is 37.6 Å². The van der Waals surface area contributed by atoms with E-state index < -0.39 is 0 Å². The molecule has 1 heterocycles. The third-order valence-electron chi connectivity index (χ3n) is 3.04. The summed E-state index contributed by atoms with van der Waals surface area (Å²) in [5, 5.41) is 0. The lowest BCUT2D eigenvalue weighted by Gasteiger charge is -2.29. The fourth-order valence-electron chi connectivity index (χ4n) is 1.96. The Bertz CT molecular complexity index is 275. The number of amides is 1. The van der Waals surface area contributed by atoms with Crippen LogP contribution in [0.3, 0.4) is 0 Å². The predicted octanol–water partition coefficient (Wildman–Crippen LogP) is 1.51. The summed E-state index contributed by atoms with van der Waals surface area (Å²) in [6.45, 7) is 3.97. The highest BCUT2D eigenvalue weighted by Gasteiger charge is 2.32. The lowest BCUT2D eigenvalue weighted by atomic mass is 9.94. The van der Waals surface area contributed by atoms with E-state index in [0.29, 0.717) is 11.0 Å². The van der Waals surface area contributed by atoms with Gasteiger partial charge in [0.2, 0.25) is 5.91 Å². The minimum absolute atomic E-state index is 0.0787. The highest BCUT2D eigenvalue weighted by Crippen LogP contribution is 2.24. The molecule has 2 unspecified atom stereocenters. The van der Waals surface area contributed by atoms with Crippen LogP contribution in [0.25, 0.3) is 0 Å². The van der Waals surface area contributed by atoms with E-state index in [1.54, 1.807) is 0 Å². The molecule has 0 radical (unpaired) electrons. The van der Waals surface area contributed by atoms with Crippen LogP contribution >= 0.6 is 24.0 Å². The summed E-state index contributed by atoms with van der Waals surface area (Å²) in [4.78, 5) is 14.4. The van der Waals surface area contributed by atoms with Gasteiger partial charge in [-0.15, -0.1) is 0 Å². The molecule has 0 aliphatic carbocycles. The molecule has 1 rings (SSSR count). The van der Waals surface area contributed by atoms with Crippen LogP contribution < -0.4 is 5.73 Å². The molecule has 3 nitrogen and oxygen atoms in total. The number of rotatable bonds is 4. The Morgan fingerprint density at radius 3 is 2.56 bits per heavy atom. The average molecular weight is 260 g/mol. The Morgan fingerprint density at radius 1 is 1.56 bits per heavy atom. The molecule has 0 spiro atoms. The molecule has 16 heavy (non-hydrogen) atoms. The van der Waals surface area contributed by atoms with Crippen molar-refractivity contribution < 1.29 is 4.79 Å². The molecule has 92 valence electrons. The molecular weight excluding hydrogens is 240 g/mol. The van der Waals surface area contributed by atoms with Crippen molar-refractivity contribution in [2.24, 2.45) is 17.6 Å². The lowest BCUT2D eigenvalue weighted by molar-refractivity contribution is -0.134. The zero-order valence-corrected chi connectivity index (χ0v) is 11.7. The summed E-state index contributed by atoms with van der Waals surface area (Å²) in [6.07, 6.45) is 1.08. The van der Waals surface area contributed by atoms with E-state index >= 15 is 0 Å². The summed E-state index contributed by atoms with van der Waals surface area (Å²) < 4.78 is 0. The number of thioether (sulfide) groups is 1. The van der Waals surface area contributed by atoms with Crippen molar-refractivity contribution in [3.8, 4) is 0 Å². The van der Waals surface area contributed by atoms with Gasteiger partial charge in [-0.2, -0.15) is 11.8 Å². The minimum atomic E-state index is -0.314. The molecule has 0 aromatic heterocycles. The fraction of sp³-hybridized carbons (Fsp3) is 0.818. The van der Waals surface area contributed by atoms with Gasteiger partial charge in [-0.25, -0.2) is 0 Å². The summed E-state index contributed by atoms with van der Waals surface area (Å²) in [7, 11) is 1.87. The second-order valence-electron chi connectivity index (χ2n) is 4.59. The van der Waals surface area contributed by atoms with Gasteiger partial charge in [-0.1, -0.05) is 26.1 Å². The van der Waals surface area contributed by atoms with E-state index in [-0.39, 0.29) is 17.7 Å². The van der Waals surface area contributed by atoms with E-state index in [0.717, 1.165) is 17.9 Å². The van der Waals surface area contributed by atoms with Gasteiger partial charge in [-0.05, 0) is 18.1 Å². The van der Waals surface area contributed by atoms with Crippen molar-refractivity contribution in [2.45, 2.75) is 26.3 Å². The van der Waals surface area contributed by atoms with Crippen molar-refractivity contribution >= 4 is 34.9 Å². The first kappa shape index (κ1) is 13.8. The largest absolute Gasteiger partial charge is 0.393 e. The molecule has 0 aromatic carbocycles. The molecule has 1 aliphatic rings. The average Bonchev–Trinajstić information content (AvgIpc) is 2.67. The van der Waals surface area contributed by atoms with Crippen molar-refractivity contribution in [1.29, 1.82) is 0 Å². The Balaban J connectivity index is 2.69. The molecule has 1 fully saturated rings. The summed E-state index contributed by atoms with van der Waals surface area (Å²) in [5.41, 5.74) is 5.65. The molecular formula is C11H20N2OS2. The molecule has 2 atom stereocenters. The lowest BCUT2D eigenvalue weighted by Crippen LogP contribution is -2.46. The highest BCUT2D eigenvalue weighted by molar-refractivity contribution is 7.99. The smallest absolute Gasteiger partial charge is 0.232 e. The van der Waals surface area contributed by atoms with Gasteiger partial charge in [0.05, 0.1) is 10.9 Å². The van der Waals surface area contributed by atoms with Crippen LogP contribution in [-0.4, -0.2) is 40.4 Å². The minimum Gasteiger partial charge on any atom is -0.393 e. The summed E-state index contributed by atoms with van der Waals surface area (Å²) in [5.74, 6) is 2.11. The second kappa shape index (κ2) is 5.87. The van der Waals surface area contributed by atoms with Crippen molar-refractivity contribution in [2.75, 3.05) is 18.6 Å². The number of carbonyl (C=O) groups excluding carboxylic acids is 1. The molecule has 0 aromatic rings. The maximum Gasteiger partial charge on any atom is 0.232 e. The van der Waals surface area contributed by atoms with Gasteiger partial charge >= 0.3 is 0 Å². The topological polar surface area (TPSA) is 46.3 Å². The molecule has 1 aliphatic heterocycles. The van der Waals surface area contributed by atoms with Crippen LogP contribution in [0.4, 0.5) is 0 Å². The first-order chi connectivity index (χ1) is 7.45. The quantitative estimate of drug-likeness (QED) is 0.778.